The maximum absolute atomic E-state index is 12.9. The number of benzene rings is 2. The Morgan fingerprint density at radius 3 is 2.52 bits per heavy atom. The highest BCUT2D eigenvalue weighted by Crippen LogP contribution is 2.34. The van der Waals surface area contributed by atoms with Gasteiger partial charge in [-0.15, -0.1) is 0 Å². The Morgan fingerprint density at radius 2 is 1.81 bits per heavy atom. The van der Waals surface area contributed by atoms with Gasteiger partial charge in [-0.05, 0) is 33.6 Å². The third kappa shape index (κ3) is 4.20. The van der Waals surface area contributed by atoms with Crippen molar-refractivity contribution in [3.63, 3.8) is 0 Å². The molecular formula is C18H15BrN2O4S2. The Hall–Kier alpha value is -2.23. The zero-order valence-corrected chi connectivity index (χ0v) is 17.4. The van der Waals surface area contributed by atoms with Gasteiger partial charge < -0.3 is 10.1 Å². The Labute approximate surface area is 169 Å². The molecular weight excluding hydrogens is 452 g/mol. The van der Waals surface area contributed by atoms with Crippen molar-refractivity contribution < 1.29 is 17.9 Å². The number of carbonyl (C=O) groups excluding carboxylic acids is 1. The van der Waals surface area contributed by atoms with E-state index >= 15 is 0 Å². The van der Waals surface area contributed by atoms with Crippen molar-refractivity contribution in [2.75, 3.05) is 7.11 Å². The lowest BCUT2D eigenvalue weighted by molar-refractivity contribution is 0.0954. The molecule has 3 aromatic rings. The summed E-state index contributed by atoms with van der Waals surface area (Å²) in [5, 5.41) is 2.77. The third-order valence-electron chi connectivity index (χ3n) is 3.66. The predicted molar refractivity (Wildman–Crippen MR) is 106 cm³/mol. The lowest BCUT2D eigenvalue weighted by atomic mass is 10.2. The van der Waals surface area contributed by atoms with Gasteiger partial charge in [-0.2, -0.15) is 0 Å². The summed E-state index contributed by atoms with van der Waals surface area (Å²) in [5.41, 5.74) is 0.938. The lowest BCUT2D eigenvalue weighted by Gasteiger charge is -2.06. The largest absolute Gasteiger partial charge is 0.495 e. The maximum Gasteiger partial charge on any atom is 0.264 e. The fourth-order valence-corrected chi connectivity index (χ4v) is 5.80. The number of methoxy groups -OCH3 is 1. The number of halogens is 1. The molecule has 1 amide bonds. The van der Waals surface area contributed by atoms with Gasteiger partial charge in [-0.1, -0.05) is 53.8 Å². The fourth-order valence-electron chi connectivity index (χ4n) is 2.33. The molecule has 0 saturated carbocycles. The average molecular weight is 467 g/mol. The van der Waals surface area contributed by atoms with E-state index in [4.69, 9.17) is 4.74 Å². The van der Waals surface area contributed by atoms with Gasteiger partial charge in [0, 0.05) is 6.54 Å². The smallest absolute Gasteiger partial charge is 0.264 e. The standard InChI is InChI=1S/C18H15BrN2O4S2/c1-25-13-9-5-6-10-14(13)27(23,24)18-21-16(19)15(26-18)17(22)20-11-12-7-3-2-4-8-12/h2-10H,11H2,1H3,(H,20,22). The van der Waals surface area contributed by atoms with Crippen LogP contribution in [0.5, 0.6) is 5.75 Å². The topological polar surface area (TPSA) is 85.4 Å². The molecule has 1 aromatic heterocycles. The molecule has 0 fully saturated rings. The van der Waals surface area contributed by atoms with E-state index in [0.29, 0.717) is 6.54 Å². The molecule has 1 N–H and O–H groups in total. The first-order valence-electron chi connectivity index (χ1n) is 7.80. The fraction of sp³-hybridized carbons (Fsp3) is 0.111. The van der Waals surface area contributed by atoms with Crippen molar-refractivity contribution in [2.45, 2.75) is 15.8 Å². The van der Waals surface area contributed by atoms with Crippen LogP contribution in [-0.2, 0) is 16.4 Å². The summed E-state index contributed by atoms with van der Waals surface area (Å²) in [6, 6.07) is 15.7. The first-order valence-corrected chi connectivity index (χ1v) is 10.9. The van der Waals surface area contributed by atoms with Gasteiger partial charge in [-0.25, -0.2) is 13.4 Å². The molecule has 2 aromatic carbocycles. The lowest BCUT2D eigenvalue weighted by Crippen LogP contribution is -2.22. The number of hydrogen-bond acceptors (Lipinski definition) is 6. The number of carbonyl (C=O) groups is 1. The molecule has 0 atom stereocenters. The summed E-state index contributed by atoms with van der Waals surface area (Å²) < 4.78 is 30.9. The highest BCUT2D eigenvalue weighted by Gasteiger charge is 2.28. The number of hydrogen-bond donors (Lipinski definition) is 1. The molecule has 0 aliphatic carbocycles. The summed E-state index contributed by atoms with van der Waals surface area (Å²) in [4.78, 5) is 16.7. The van der Waals surface area contributed by atoms with Crippen molar-refractivity contribution in [3.8, 4) is 5.75 Å². The number of para-hydroxylation sites is 1. The van der Waals surface area contributed by atoms with Crippen LogP contribution in [0, 0.1) is 0 Å². The van der Waals surface area contributed by atoms with E-state index in [1.807, 2.05) is 30.3 Å². The van der Waals surface area contributed by atoms with Gasteiger partial charge in [0.05, 0.1) is 7.11 Å². The van der Waals surface area contributed by atoms with Gasteiger partial charge in [0.25, 0.3) is 5.91 Å². The van der Waals surface area contributed by atoms with Crippen molar-refractivity contribution in [3.05, 3.63) is 69.6 Å². The molecule has 3 rings (SSSR count). The number of sulfone groups is 1. The first kappa shape index (κ1) is 19.5. The van der Waals surface area contributed by atoms with Crippen molar-refractivity contribution in [2.24, 2.45) is 0 Å². The molecule has 9 heteroatoms. The Bertz CT molecular complexity index is 1070. The minimum absolute atomic E-state index is 0.00462. The van der Waals surface area contributed by atoms with Crippen molar-refractivity contribution >= 4 is 43.0 Å². The van der Waals surface area contributed by atoms with E-state index in [2.05, 4.69) is 26.2 Å². The van der Waals surface area contributed by atoms with Crippen LogP contribution >= 0.6 is 27.3 Å². The Morgan fingerprint density at radius 1 is 1.15 bits per heavy atom. The number of nitrogens with one attached hydrogen (secondary N) is 1. The molecule has 0 saturated heterocycles. The van der Waals surface area contributed by atoms with Gasteiger partial charge >= 0.3 is 0 Å². The zero-order chi connectivity index (χ0) is 19.4. The van der Waals surface area contributed by atoms with Crippen LogP contribution in [-0.4, -0.2) is 26.4 Å². The van der Waals surface area contributed by atoms with Crippen LogP contribution in [0.2, 0.25) is 0 Å². The molecule has 0 bridgehead atoms. The Balaban J connectivity index is 1.86. The maximum atomic E-state index is 12.9. The summed E-state index contributed by atoms with van der Waals surface area (Å²) in [6.07, 6.45) is 0. The predicted octanol–water partition coefficient (Wildman–Crippen LogP) is 3.68. The normalized spacial score (nSPS) is 11.2. The van der Waals surface area contributed by atoms with Crippen molar-refractivity contribution in [1.29, 1.82) is 0 Å². The second-order valence-corrected chi connectivity index (χ2v) is 9.26. The average Bonchev–Trinajstić information content (AvgIpc) is 3.09. The molecule has 1 heterocycles. The number of aromatic nitrogens is 1. The first-order chi connectivity index (χ1) is 12.9. The zero-order valence-electron chi connectivity index (χ0n) is 14.2. The summed E-state index contributed by atoms with van der Waals surface area (Å²) in [5.74, 6) is -0.177. The summed E-state index contributed by atoms with van der Waals surface area (Å²) in [6.45, 7) is 0.332. The van der Waals surface area contributed by atoms with E-state index < -0.39 is 15.7 Å². The van der Waals surface area contributed by atoms with Gasteiger partial charge in [0.1, 0.15) is 20.1 Å². The molecule has 0 aliphatic heterocycles. The van der Waals surface area contributed by atoms with E-state index in [9.17, 15) is 13.2 Å². The molecule has 140 valence electrons. The van der Waals surface area contributed by atoms with E-state index in [1.54, 1.807) is 18.2 Å². The van der Waals surface area contributed by atoms with Crippen LogP contribution in [0.3, 0.4) is 0 Å². The van der Waals surface area contributed by atoms with Gasteiger partial charge in [-0.3, -0.25) is 4.79 Å². The second kappa shape index (κ2) is 8.20. The third-order valence-corrected chi connectivity index (χ3v) is 7.72. The SMILES string of the molecule is COc1ccccc1S(=O)(=O)c1nc(Br)c(C(=O)NCc2ccccc2)s1. The number of rotatable bonds is 6. The molecule has 27 heavy (non-hydrogen) atoms. The van der Waals surface area contributed by atoms with Gasteiger partial charge in [0.15, 0.2) is 0 Å². The quantitative estimate of drug-likeness (QED) is 0.598. The Kier molecular flexibility index (Phi) is 5.93. The highest BCUT2D eigenvalue weighted by atomic mass is 79.9. The molecule has 0 radical (unpaired) electrons. The monoisotopic (exact) mass is 466 g/mol. The minimum Gasteiger partial charge on any atom is -0.495 e. The second-order valence-electron chi connectivity index (χ2n) is 5.42. The highest BCUT2D eigenvalue weighted by molar-refractivity contribution is 9.10. The molecule has 6 nitrogen and oxygen atoms in total. The number of thiazole rings is 1. The van der Waals surface area contributed by atoms with Crippen LogP contribution in [0.25, 0.3) is 0 Å². The molecule has 0 aliphatic rings. The summed E-state index contributed by atoms with van der Waals surface area (Å²) >= 11 is 4.00. The number of nitrogens with zero attached hydrogens (tertiary/aromatic N) is 1. The van der Waals surface area contributed by atoms with Crippen LogP contribution in [0.1, 0.15) is 15.2 Å². The molecule has 0 spiro atoms. The number of ether oxygens (including phenoxy) is 1. The van der Waals surface area contributed by atoms with Crippen LogP contribution in [0.15, 0.2) is 68.4 Å². The van der Waals surface area contributed by atoms with E-state index in [-0.39, 0.29) is 24.5 Å². The number of amides is 1. The molecule has 0 unspecified atom stereocenters. The van der Waals surface area contributed by atoms with Crippen LogP contribution in [0.4, 0.5) is 0 Å². The van der Waals surface area contributed by atoms with E-state index in [1.165, 1.54) is 13.2 Å². The van der Waals surface area contributed by atoms with Crippen molar-refractivity contribution in [1.82, 2.24) is 10.3 Å². The van der Waals surface area contributed by atoms with Gasteiger partial charge in [0.2, 0.25) is 14.2 Å². The van der Waals surface area contributed by atoms with E-state index in [0.717, 1.165) is 16.9 Å². The minimum atomic E-state index is -3.91. The summed E-state index contributed by atoms with van der Waals surface area (Å²) in [7, 11) is -2.51. The van der Waals surface area contributed by atoms with Crippen LogP contribution < -0.4 is 10.1 Å².